The van der Waals surface area contributed by atoms with Crippen LogP contribution in [0.25, 0.3) is 11.0 Å². The van der Waals surface area contributed by atoms with Gasteiger partial charge in [-0.05, 0) is 30.7 Å². The van der Waals surface area contributed by atoms with E-state index in [-0.39, 0.29) is 12.5 Å². The lowest BCUT2D eigenvalue weighted by Crippen LogP contribution is -2.29. The number of para-hydroxylation sites is 3. The first-order chi connectivity index (χ1) is 15.8. The molecule has 0 bridgehead atoms. The second-order valence-electron chi connectivity index (χ2n) is 8.38. The Balaban J connectivity index is 1.46. The van der Waals surface area contributed by atoms with E-state index < -0.39 is 0 Å². The SMILES string of the molecule is CCCCCCCCCCCn1c(CNC(=O)COc2ccccc2)nc2ccccc21. The number of carbonyl (C=O) groups is 1. The van der Waals surface area contributed by atoms with Crippen molar-refractivity contribution in [3.63, 3.8) is 0 Å². The molecule has 3 rings (SSSR count). The predicted molar refractivity (Wildman–Crippen MR) is 131 cm³/mol. The number of carbonyl (C=O) groups excluding carboxylic acids is 1. The van der Waals surface area contributed by atoms with Gasteiger partial charge in [-0.15, -0.1) is 0 Å². The molecule has 0 spiro atoms. The molecule has 3 aromatic rings. The summed E-state index contributed by atoms with van der Waals surface area (Å²) in [4.78, 5) is 17.0. The smallest absolute Gasteiger partial charge is 0.258 e. The number of rotatable bonds is 15. The van der Waals surface area contributed by atoms with E-state index in [1.807, 2.05) is 48.5 Å². The van der Waals surface area contributed by atoms with Crippen LogP contribution in [0.3, 0.4) is 0 Å². The quantitative estimate of drug-likeness (QED) is 0.287. The molecule has 0 aliphatic rings. The molecule has 1 aromatic heterocycles. The highest BCUT2D eigenvalue weighted by Crippen LogP contribution is 2.18. The zero-order valence-electron chi connectivity index (χ0n) is 19.4. The molecule has 0 saturated carbocycles. The Morgan fingerprint density at radius 2 is 1.53 bits per heavy atom. The highest BCUT2D eigenvalue weighted by molar-refractivity contribution is 5.78. The zero-order valence-corrected chi connectivity index (χ0v) is 19.4. The van der Waals surface area contributed by atoms with Crippen molar-refractivity contribution in [3.8, 4) is 5.75 Å². The molecule has 0 unspecified atom stereocenters. The van der Waals surface area contributed by atoms with Crippen molar-refractivity contribution in [2.75, 3.05) is 6.61 Å². The Labute approximate surface area is 192 Å². The van der Waals surface area contributed by atoms with Gasteiger partial charge in [0.25, 0.3) is 5.91 Å². The summed E-state index contributed by atoms with van der Waals surface area (Å²) in [5.74, 6) is 1.45. The number of unbranched alkanes of at least 4 members (excludes halogenated alkanes) is 8. The third-order valence-corrected chi connectivity index (χ3v) is 5.78. The molecule has 5 nitrogen and oxygen atoms in total. The minimum Gasteiger partial charge on any atom is -0.484 e. The van der Waals surface area contributed by atoms with Crippen molar-refractivity contribution < 1.29 is 9.53 Å². The van der Waals surface area contributed by atoms with Crippen LogP contribution in [-0.2, 0) is 17.9 Å². The minimum absolute atomic E-state index is 0.00248. The minimum atomic E-state index is -0.143. The second-order valence-corrected chi connectivity index (χ2v) is 8.38. The van der Waals surface area contributed by atoms with Crippen molar-refractivity contribution in [3.05, 3.63) is 60.4 Å². The third kappa shape index (κ3) is 7.70. The molecule has 172 valence electrons. The summed E-state index contributed by atoms with van der Waals surface area (Å²) in [7, 11) is 0. The number of aromatic nitrogens is 2. The van der Waals surface area contributed by atoms with E-state index in [2.05, 4.69) is 22.9 Å². The number of benzene rings is 2. The monoisotopic (exact) mass is 435 g/mol. The summed E-state index contributed by atoms with van der Waals surface area (Å²) < 4.78 is 7.80. The van der Waals surface area contributed by atoms with Gasteiger partial charge in [0.2, 0.25) is 0 Å². The highest BCUT2D eigenvalue weighted by atomic mass is 16.5. The van der Waals surface area contributed by atoms with Gasteiger partial charge in [0.1, 0.15) is 11.6 Å². The highest BCUT2D eigenvalue weighted by Gasteiger charge is 2.12. The summed E-state index contributed by atoms with van der Waals surface area (Å²) in [6, 6.07) is 17.6. The lowest BCUT2D eigenvalue weighted by atomic mass is 10.1. The molecule has 32 heavy (non-hydrogen) atoms. The lowest BCUT2D eigenvalue weighted by Gasteiger charge is -2.11. The van der Waals surface area contributed by atoms with Gasteiger partial charge < -0.3 is 14.6 Å². The number of nitrogens with zero attached hydrogens (tertiary/aromatic N) is 2. The number of hydrogen-bond donors (Lipinski definition) is 1. The molecular formula is C27H37N3O2. The molecule has 1 heterocycles. The number of hydrogen-bond acceptors (Lipinski definition) is 3. The van der Waals surface area contributed by atoms with E-state index in [1.165, 1.54) is 51.4 Å². The first-order valence-corrected chi connectivity index (χ1v) is 12.2. The van der Waals surface area contributed by atoms with Gasteiger partial charge in [0, 0.05) is 6.54 Å². The van der Waals surface area contributed by atoms with Crippen LogP contribution in [-0.4, -0.2) is 22.1 Å². The molecule has 1 N–H and O–H groups in total. The molecule has 2 aromatic carbocycles. The van der Waals surface area contributed by atoms with Crippen LogP contribution >= 0.6 is 0 Å². The van der Waals surface area contributed by atoms with Gasteiger partial charge in [-0.3, -0.25) is 4.79 Å². The van der Waals surface area contributed by atoms with E-state index in [9.17, 15) is 4.79 Å². The van der Waals surface area contributed by atoms with Gasteiger partial charge in [-0.2, -0.15) is 0 Å². The van der Waals surface area contributed by atoms with Crippen molar-refractivity contribution in [2.45, 2.75) is 77.8 Å². The fourth-order valence-electron chi connectivity index (χ4n) is 3.98. The standard InChI is InChI=1S/C27H37N3O2/c1-2-3-4-5-6-7-8-9-15-20-30-25-19-14-13-18-24(25)29-26(30)21-28-27(31)22-32-23-16-11-10-12-17-23/h10-14,16-19H,2-9,15,20-22H2,1H3,(H,28,31). The maximum atomic E-state index is 12.3. The molecule has 0 radical (unpaired) electrons. The van der Waals surface area contributed by atoms with Crippen LogP contribution < -0.4 is 10.1 Å². The van der Waals surface area contributed by atoms with Crippen molar-refractivity contribution in [1.29, 1.82) is 0 Å². The molecule has 0 atom stereocenters. The Morgan fingerprint density at radius 1 is 0.875 bits per heavy atom. The van der Waals surface area contributed by atoms with E-state index in [4.69, 9.17) is 9.72 Å². The first-order valence-electron chi connectivity index (χ1n) is 12.2. The third-order valence-electron chi connectivity index (χ3n) is 5.78. The number of aryl methyl sites for hydroxylation is 1. The summed E-state index contributed by atoms with van der Waals surface area (Å²) in [5, 5.41) is 2.96. The van der Waals surface area contributed by atoms with Crippen molar-refractivity contribution >= 4 is 16.9 Å². The van der Waals surface area contributed by atoms with Crippen molar-refractivity contribution in [2.24, 2.45) is 0 Å². The van der Waals surface area contributed by atoms with Gasteiger partial charge in [0.15, 0.2) is 6.61 Å². The lowest BCUT2D eigenvalue weighted by molar-refractivity contribution is -0.123. The van der Waals surface area contributed by atoms with Crippen LogP contribution in [0.5, 0.6) is 5.75 Å². The molecule has 0 aliphatic heterocycles. The van der Waals surface area contributed by atoms with Crippen LogP contribution in [0, 0.1) is 0 Å². The average molecular weight is 436 g/mol. The molecule has 0 fully saturated rings. The van der Waals surface area contributed by atoms with Crippen LogP contribution in [0.15, 0.2) is 54.6 Å². The van der Waals surface area contributed by atoms with Crippen LogP contribution in [0.2, 0.25) is 0 Å². The van der Waals surface area contributed by atoms with Gasteiger partial charge in [-0.25, -0.2) is 4.98 Å². The number of imidazole rings is 1. The Morgan fingerprint density at radius 3 is 2.28 bits per heavy atom. The second kappa shape index (κ2) is 13.6. The summed E-state index contributed by atoms with van der Waals surface area (Å²) >= 11 is 0. The van der Waals surface area contributed by atoms with Gasteiger partial charge >= 0.3 is 0 Å². The van der Waals surface area contributed by atoms with E-state index >= 15 is 0 Å². The number of nitrogens with one attached hydrogen (secondary N) is 1. The summed E-state index contributed by atoms with van der Waals surface area (Å²) in [5.41, 5.74) is 2.12. The zero-order chi connectivity index (χ0) is 22.4. The number of ether oxygens (including phenoxy) is 1. The average Bonchev–Trinajstić information content (AvgIpc) is 3.18. The van der Waals surface area contributed by atoms with Crippen LogP contribution in [0.4, 0.5) is 0 Å². The fourth-order valence-corrected chi connectivity index (χ4v) is 3.98. The topological polar surface area (TPSA) is 56.2 Å². The molecule has 1 amide bonds. The Hall–Kier alpha value is -2.82. The molecule has 0 aliphatic carbocycles. The molecule has 0 saturated heterocycles. The maximum Gasteiger partial charge on any atom is 0.258 e. The Kier molecular flexibility index (Phi) is 10.1. The molecular weight excluding hydrogens is 398 g/mol. The van der Waals surface area contributed by atoms with Crippen molar-refractivity contribution in [1.82, 2.24) is 14.9 Å². The van der Waals surface area contributed by atoms with Gasteiger partial charge in [0.05, 0.1) is 17.6 Å². The first kappa shape index (κ1) is 23.8. The van der Waals surface area contributed by atoms with E-state index in [1.54, 1.807) is 0 Å². The van der Waals surface area contributed by atoms with Gasteiger partial charge in [-0.1, -0.05) is 88.6 Å². The van der Waals surface area contributed by atoms with E-state index in [0.29, 0.717) is 12.3 Å². The summed E-state index contributed by atoms with van der Waals surface area (Å²) in [6.45, 7) is 3.60. The normalized spacial score (nSPS) is 11.0. The molecule has 5 heteroatoms. The largest absolute Gasteiger partial charge is 0.484 e. The predicted octanol–water partition coefficient (Wildman–Crippen LogP) is 6.26. The number of amides is 1. The number of fused-ring (bicyclic) bond motifs is 1. The Bertz CT molecular complexity index is 936. The fraction of sp³-hybridized carbons (Fsp3) is 0.481. The van der Waals surface area contributed by atoms with Crippen LogP contribution in [0.1, 0.15) is 70.5 Å². The summed E-state index contributed by atoms with van der Waals surface area (Å²) in [6.07, 6.45) is 11.8. The maximum absolute atomic E-state index is 12.3. The van der Waals surface area contributed by atoms with E-state index in [0.717, 1.165) is 29.8 Å².